The van der Waals surface area contributed by atoms with Gasteiger partial charge < -0.3 is 25.6 Å². The molecule has 0 aliphatic carbocycles. The Balaban J connectivity index is 0.00000289. The molecule has 0 saturated heterocycles. The van der Waals surface area contributed by atoms with Crippen LogP contribution in [0.5, 0.6) is 0 Å². The molecule has 0 saturated carbocycles. The van der Waals surface area contributed by atoms with E-state index in [1.54, 1.807) is 0 Å². The van der Waals surface area contributed by atoms with Gasteiger partial charge in [0, 0.05) is 18.3 Å². The molecule has 1 heterocycles. The summed E-state index contributed by atoms with van der Waals surface area (Å²) in [4.78, 5) is 28.5. The number of imidazole rings is 1. The predicted octanol–water partition coefficient (Wildman–Crippen LogP) is -1.70. The van der Waals surface area contributed by atoms with E-state index < -0.39 is 30.6 Å². The summed E-state index contributed by atoms with van der Waals surface area (Å²) in [6.45, 7) is -0.762. The summed E-state index contributed by atoms with van der Waals surface area (Å²) >= 11 is 0. The summed E-state index contributed by atoms with van der Waals surface area (Å²) < 4.78 is 0. The van der Waals surface area contributed by atoms with Crippen LogP contribution in [-0.4, -0.2) is 55.9 Å². The van der Waals surface area contributed by atoms with Crippen molar-refractivity contribution < 1.29 is 24.9 Å². The molecule has 9 heteroatoms. The molecule has 2 unspecified atom stereocenters. The molecule has 1 aromatic heterocycles. The number of nitrogens with one attached hydrogen (secondary N) is 2. The van der Waals surface area contributed by atoms with Crippen LogP contribution in [0.15, 0.2) is 12.5 Å². The van der Waals surface area contributed by atoms with Gasteiger partial charge in [-0.15, -0.1) is 12.4 Å². The first-order valence-corrected chi connectivity index (χ1v) is 4.84. The second-order valence-corrected chi connectivity index (χ2v) is 3.38. The average molecular weight is 280 g/mol. The van der Waals surface area contributed by atoms with Crippen molar-refractivity contribution in [3.8, 4) is 0 Å². The summed E-state index contributed by atoms with van der Waals surface area (Å²) in [5, 5.41) is 28.5. The third-order valence-electron chi connectivity index (χ3n) is 2.07. The largest absolute Gasteiger partial charge is 0.480 e. The number of H-pyrrole nitrogens is 1. The summed E-state index contributed by atoms with van der Waals surface area (Å²) in [5.41, 5.74) is 0.538. The first-order chi connectivity index (χ1) is 8.04. The Morgan fingerprint density at radius 2 is 2.17 bits per heavy atom. The number of carbonyl (C=O) groups is 2. The lowest BCUT2D eigenvalue weighted by Crippen LogP contribution is -2.47. The number of nitrogens with zero attached hydrogens (tertiary/aromatic N) is 1. The van der Waals surface area contributed by atoms with Gasteiger partial charge in [0.05, 0.1) is 12.9 Å². The van der Waals surface area contributed by atoms with Gasteiger partial charge >= 0.3 is 5.97 Å². The molecule has 0 radical (unpaired) electrons. The average Bonchev–Trinajstić information content (AvgIpc) is 2.79. The number of halogens is 1. The number of aliphatic hydroxyl groups excluding tert-OH is 2. The third kappa shape index (κ3) is 4.70. The molecule has 0 aliphatic heterocycles. The van der Waals surface area contributed by atoms with E-state index in [4.69, 9.17) is 15.3 Å². The second kappa shape index (κ2) is 7.64. The molecule has 102 valence electrons. The van der Waals surface area contributed by atoms with E-state index in [0.717, 1.165) is 0 Å². The molecule has 2 atom stereocenters. The highest BCUT2D eigenvalue weighted by atomic mass is 35.5. The molecule has 18 heavy (non-hydrogen) atoms. The number of carbonyl (C=O) groups excluding carboxylic acids is 1. The van der Waals surface area contributed by atoms with Crippen LogP contribution >= 0.6 is 12.4 Å². The van der Waals surface area contributed by atoms with Gasteiger partial charge in [0.2, 0.25) is 0 Å². The molecule has 0 fully saturated rings. The number of hydrogen-bond donors (Lipinski definition) is 5. The van der Waals surface area contributed by atoms with Gasteiger partial charge in [0.25, 0.3) is 5.91 Å². The fourth-order valence-electron chi connectivity index (χ4n) is 1.17. The maximum absolute atomic E-state index is 11.2. The van der Waals surface area contributed by atoms with Crippen LogP contribution in [-0.2, 0) is 16.0 Å². The molecule has 1 rings (SSSR count). The number of aliphatic hydroxyl groups is 2. The van der Waals surface area contributed by atoms with Crippen LogP contribution in [0.25, 0.3) is 0 Å². The van der Waals surface area contributed by atoms with Crippen LogP contribution in [0.1, 0.15) is 5.69 Å². The number of amides is 1. The lowest BCUT2D eigenvalue weighted by atomic mass is 10.1. The molecule has 1 aromatic rings. The molecule has 0 bridgehead atoms. The number of aromatic nitrogens is 2. The van der Waals surface area contributed by atoms with Gasteiger partial charge in [-0.1, -0.05) is 0 Å². The Morgan fingerprint density at radius 1 is 1.50 bits per heavy atom. The molecule has 8 nitrogen and oxygen atoms in total. The third-order valence-corrected chi connectivity index (χ3v) is 2.07. The summed E-state index contributed by atoms with van der Waals surface area (Å²) in [6, 6.07) is -1.19. The number of aliphatic carboxylic acids is 1. The normalized spacial score (nSPS) is 13.2. The van der Waals surface area contributed by atoms with E-state index in [2.05, 4.69) is 15.3 Å². The number of carboxylic acid groups (broad SMARTS) is 1. The quantitative estimate of drug-likeness (QED) is 0.421. The zero-order valence-electron chi connectivity index (χ0n) is 9.24. The van der Waals surface area contributed by atoms with Crippen LogP contribution < -0.4 is 5.32 Å². The smallest absolute Gasteiger partial charge is 0.326 e. The topological polar surface area (TPSA) is 136 Å². The van der Waals surface area contributed by atoms with Gasteiger partial charge in [0.15, 0.2) is 6.10 Å². The van der Waals surface area contributed by atoms with E-state index in [0.29, 0.717) is 5.69 Å². The van der Waals surface area contributed by atoms with Crippen LogP contribution in [0, 0.1) is 0 Å². The Bertz CT molecular complexity index is 384. The van der Waals surface area contributed by atoms with E-state index in [1.807, 2.05) is 0 Å². The van der Waals surface area contributed by atoms with Crippen molar-refractivity contribution >= 4 is 24.3 Å². The number of rotatable bonds is 6. The van der Waals surface area contributed by atoms with Crippen molar-refractivity contribution in [3.63, 3.8) is 0 Å². The van der Waals surface area contributed by atoms with Crippen LogP contribution in [0.3, 0.4) is 0 Å². The summed E-state index contributed by atoms with van der Waals surface area (Å²) in [5.74, 6) is -2.17. The number of carboxylic acids is 1. The molecule has 0 spiro atoms. The lowest BCUT2D eigenvalue weighted by Gasteiger charge is -2.15. The van der Waals surface area contributed by atoms with E-state index in [1.165, 1.54) is 12.5 Å². The standard InChI is InChI=1S/C9H13N3O5.ClH/c13-3-7(14)8(15)12-6(9(16)17)1-5-2-10-4-11-5;/h2,4,6-7,13-14H,1,3H2,(H,10,11)(H,12,15)(H,16,17);1H. The zero-order chi connectivity index (χ0) is 12.8. The molecular weight excluding hydrogens is 266 g/mol. The molecule has 1 amide bonds. The highest BCUT2D eigenvalue weighted by Crippen LogP contribution is 1.99. The Hall–Kier alpha value is -1.64. The maximum atomic E-state index is 11.2. The van der Waals surface area contributed by atoms with Crippen molar-refractivity contribution in [2.75, 3.05) is 6.61 Å². The Labute approximate surface area is 108 Å². The monoisotopic (exact) mass is 279 g/mol. The van der Waals surface area contributed by atoms with Crippen LogP contribution in [0.4, 0.5) is 0 Å². The van der Waals surface area contributed by atoms with E-state index >= 15 is 0 Å². The Kier molecular flexibility index (Phi) is 6.94. The second-order valence-electron chi connectivity index (χ2n) is 3.38. The SMILES string of the molecule is Cl.O=C(NC(Cc1cnc[nH]1)C(=O)O)C(O)CO. The summed E-state index contributed by atoms with van der Waals surface area (Å²) in [7, 11) is 0. The van der Waals surface area contributed by atoms with Crippen molar-refractivity contribution in [1.29, 1.82) is 0 Å². The zero-order valence-corrected chi connectivity index (χ0v) is 10.1. The van der Waals surface area contributed by atoms with Crippen molar-refractivity contribution in [1.82, 2.24) is 15.3 Å². The molecular formula is C9H14ClN3O5. The fourth-order valence-corrected chi connectivity index (χ4v) is 1.17. The minimum Gasteiger partial charge on any atom is -0.480 e. The molecule has 0 aromatic carbocycles. The minimum absolute atomic E-state index is 0. The van der Waals surface area contributed by atoms with Gasteiger partial charge in [-0.05, 0) is 0 Å². The number of hydrogen-bond acceptors (Lipinski definition) is 5. The van der Waals surface area contributed by atoms with Crippen LogP contribution in [0.2, 0.25) is 0 Å². The van der Waals surface area contributed by atoms with Gasteiger partial charge in [-0.2, -0.15) is 0 Å². The molecule has 5 N–H and O–H groups in total. The first kappa shape index (κ1) is 16.4. The Morgan fingerprint density at radius 3 is 2.61 bits per heavy atom. The van der Waals surface area contributed by atoms with E-state index in [9.17, 15) is 9.59 Å². The predicted molar refractivity (Wildman–Crippen MR) is 62.2 cm³/mol. The maximum Gasteiger partial charge on any atom is 0.326 e. The van der Waals surface area contributed by atoms with E-state index in [-0.39, 0.29) is 18.8 Å². The first-order valence-electron chi connectivity index (χ1n) is 4.84. The van der Waals surface area contributed by atoms with Gasteiger partial charge in [-0.3, -0.25) is 4.79 Å². The fraction of sp³-hybridized carbons (Fsp3) is 0.444. The highest BCUT2D eigenvalue weighted by molar-refractivity contribution is 5.86. The summed E-state index contributed by atoms with van der Waals surface area (Å²) in [6.07, 6.45) is 1.21. The van der Waals surface area contributed by atoms with Crippen molar-refractivity contribution in [2.45, 2.75) is 18.6 Å². The lowest BCUT2D eigenvalue weighted by molar-refractivity contribution is -0.143. The van der Waals surface area contributed by atoms with Crippen molar-refractivity contribution in [2.24, 2.45) is 0 Å². The van der Waals surface area contributed by atoms with Gasteiger partial charge in [0.1, 0.15) is 6.04 Å². The van der Waals surface area contributed by atoms with Gasteiger partial charge in [-0.25, -0.2) is 9.78 Å². The molecule has 0 aliphatic rings. The highest BCUT2D eigenvalue weighted by Gasteiger charge is 2.24. The minimum atomic E-state index is -1.63. The number of aromatic amines is 1. The van der Waals surface area contributed by atoms with Crippen molar-refractivity contribution in [3.05, 3.63) is 18.2 Å².